The largest absolute Gasteiger partial charge is 0.370 e. The molecule has 0 bridgehead atoms. The second-order valence-electron chi connectivity index (χ2n) is 6.02. The van der Waals surface area contributed by atoms with Gasteiger partial charge in [-0.05, 0) is 44.6 Å². The van der Waals surface area contributed by atoms with Crippen LogP contribution in [0.1, 0.15) is 49.4 Å². The Morgan fingerprint density at radius 1 is 1.26 bits per heavy atom. The number of anilines is 1. The molecule has 0 saturated heterocycles. The number of hydrogen-bond donors (Lipinski definition) is 1. The zero-order valence-corrected chi connectivity index (χ0v) is 12.4. The third kappa shape index (κ3) is 1.69. The maximum absolute atomic E-state index is 4.88. The Morgan fingerprint density at radius 3 is 2.84 bits per heavy atom. The quantitative estimate of drug-likeness (QED) is 0.927. The molecule has 2 heterocycles. The van der Waals surface area contributed by atoms with E-state index in [1.807, 2.05) is 11.3 Å². The monoisotopic (exact) mass is 273 g/mol. The molecule has 1 fully saturated rings. The average Bonchev–Trinajstić information content (AvgIpc) is 2.85. The number of hydrogen-bond acceptors (Lipinski definition) is 4. The van der Waals surface area contributed by atoms with Gasteiger partial charge in [-0.2, -0.15) is 0 Å². The standard InChI is InChI=1S/C15H19N3S/c1-3-16-12-11-9-5-4-6-10(9)19-13(11)18-14(17-12)15(2)7-8-15/h3-8H2,1-2H3,(H,16,17,18). The van der Waals surface area contributed by atoms with Gasteiger partial charge in [0.2, 0.25) is 0 Å². The molecule has 0 amide bonds. The van der Waals surface area contributed by atoms with Crippen LogP contribution in [0.4, 0.5) is 5.82 Å². The number of fused-ring (bicyclic) bond motifs is 3. The lowest BCUT2D eigenvalue weighted by Gasteiger charge is -2.11. The van der Waals surface area contributed by atoms with Gasteiger partial charge in [-0.25, -0.2) is 9.97 Å². The highest BCUT2D eigenvalue weighted by molar-refractivity contribution is 7.19. The Hall–Kier alpha value is -1.16. The number of thiophene rings is 1. The van der Waals surface area contributed by atoms with E-state index in [0.29, 0.717) is 0 Å². The van der Waals surface area contributed by atoms with E-state index < -0.39 is 0 Å². The predicted octanol–water partition coefficient (Wildman–Crippen LogP) is 3.66. The van der Waals surface area contributed by atoms with Gasteiger partial charge in [0, 0.05) is 16.8 Å². The van der Waals surface area contributed by atoms with E-state index in [1.54, 1.807) is 4.88 Å². The lowest BCUT2D eigenvalue weighted by molar-refractivity contribution is 0.717. The molecule has 2 aliphatic carbocycles. The molecule has 1 N–H and O–H groups in total. The smallest absolute Gasteiger partial charge is 0.138 e. The number of aromatic nitrogens is 2. The molecule has 2 aromatic rings. The fourth-order valence-electron chi connectivity index (χ4n) is 2.97. The van der Waals surface area contributed by atoms with Crippen LogP contribution in [0.2, 0.25) is 0 Å². The van der Waals surface area contributed by atoms with Gasteiger partial charge in [0.05, 0.1) is 5.39 Å². The Kier molecular flexibility index (Phi) is 2.40. The van der Waals surface area contributed by atoms with Crippen molar-refractivity contribution in [2.45, 2.75) is 51.4 Å². The van der Waals surface area contributed by atoms with Crippen LogP contribution in [-0.4, -0.2) is 16.5 Å². The number of rotatable bonds is 3. The highest BCUT2D eigenvalue weighted by Gasteiger charge is 2.42. The first-order valence-corrected chi connectivity index (χ1v) is 8.09. The van der Waals surface area contributed by atoms with E-state index in [0.717, 1.165) is 18.2 Å². The van der Waals surface area contributed by atoms with Crippen LogP contribution in [0.15, 0.2) is 0 Å². The van der Waals surface area contributed by atoms with Crippen LogP contribution in [0.3, 0.4) is 0 Å². The number of nitrogens with one attached hydrogen (secondary N) is 1. The molecule has 100 valence electrons. The summed E-state index contributed by atoms with van der Waals surface area (Å²) < 4.78 is 0. The van der Waals surface area contributed by atoms with E-state index >= 15 is 0 Å². The fraction of sp³-hybridized carbons (Fsp3) is 0.600. The van der Waals surface area contributed by atoms with Crippen LogP contribution in [0.5, 0.6) is 0 Å². The third-order valence-corrected chi connectivity index (χ3v) is 5.63. The van der Waals surface area contributed by atoms with Crippen molar-refractivity contribution in [1.82, 2.24) is 9.97 Å². The first-order chi connectivity index (χ1) is 9.21. The molecule has 0 unspecified atom stereocenters. The molecular formula is C15H19N3S. The second kappa shape index (κ2) is 3.92. The van der Waals surface area contributed by atoms with Crippen molar-refractivity contribution in [3.05, 3.63) is 16.3 Å². The molecule has 4 heteroatoms. The molecule has 0 aliphatic heterocycles. The van der Waals surface area contributed by atoms with Crippen LogP contribution in [-0.2, 0) is 18.3 Å². The fourth-order valence-corrected chi connectivity index (χ4v) is 4.23. The van der Waals surface area contributed by atoms with Crippen molar-refractivity contribution in [2.24, 2.45) is 0 Å². The summed E-state index contributed by atoms with van der Waals surface area (Å²) in [5, 5.41) is 4.77. The maximum atomic E-state index is 4.88. The first kappa shape index (κ1) is 11.6. The first-order valence-electron chi connectivity index (χ1n) is 7.28. The highest BCUT2D eigenvalue weighted by atomic mass is 32.1. The summed E-state index contributed by atoms with van der Waals surface area (Å²) in [6.45, 7) is 5.34. The molecule has 2 aromatic heterocycles. The molecule has 4 rings (SSSR count). The normalized spacial score (nSPS) is 19.7. The lowest BCUT2D eigenvalue weighted by atomic mass is 10.1. The van der Waals surface area contributed by atoms with Gasteiger partial charge in [-0.15, -0.1) is 11.3 Å². The molecule has 0 aromatic carbocycles. The van der Waals surface area contributed by atoms with E-state index in [9.17, 15) is 0 Å². The van der Waals surface area contributed by atoms with Crippen LogP contribution >= 0.6 is 11.3 Å². The van der Waals surface area contributed by atoms with Crippen molar-refractivity contribution in [3.63, 3.8) is 0 Å². The Labute approximate surface area is 117 Å². The van der Waals surface area contributed by atoms with Crippen LogP contribution in [0, 0.1) is 0 Å². The summed E-state index contributed by atoms with van der Waals surface area (Å²) in [4.78, 5) is 12.5. The average molecular weight is 273 g/mol. The maximum Gasteiger partial charge on any atom is 0.138 e. The third-order valence-electron chi connectivity index (χ3n) is 4.45. The molecule has 1 saturated carbocycles. The topological polar surface area (TPSA) is 37.8 Å². The second-order valence-corrected chi connectivity index (χ2v) is 7.11. The van der Waals surface area contributed by atoms with Crippen molar-refractivity contribution < 1.29 is 0 Å². The molecule has 3 nitrogen and oxygen atoms in total. The van der Waals surface area contributed by atoms with Gasteiger partial charge in [-0.1, -0.05) is 6.92 Å². The number of nitrogens with zero attached hydrogens (tertiary/aromatic N) is 2. The lowest BCUT2D eigenvalue weighted by Crippen LogP contribution is -2.10. The molecule has 0 atom stereocenters. The summed E-state index contributed by atoms with van der Waals surface area (Å²) >= 11 is 1.89. The van der Waals surface area contributed by atoms with Crippen molar-refractivity contribution in [1.29, 1.82) is 0 Å². The summed E-state index contributed by atoms with van der Waals surface area (Å²) in [6, 6.07) is 0. The summed E-state index contributed by atoms with van der Waals surface area (Å²) in [5.74, 6) is 2.13. The van der Waals surface area contributed by atoms with E-state index in [1.165, 1.54) is 47.9 Å². The van der Waals surface area contributed by atoms with Gasteiger partial charge < -0.3 is 5.32 Å². The van der Waals surface area contributed by atoms with E-state index in [4.69, 9.17) is 9.97 Å². The minimum atomic E-state index is 0.243. The van der Waals surface area contributed by atoms with Gasteiger partial charge in [-0.3, -0.25) is 0 Å². The minimum absolute atomic E-state index is 0.243. The van der Waals surface area contributed by atoms with Crippen molar-refractivity contribution in [3.8, 4) is 0 Å². The SMILES string of the molecule is CCNc1nc(C2(C)CC2)nc2sc3c(c12)CCC3. The Bertz CT molecular complexity index is 655. The molecule has 0 spiro atoms. The zero-order valence-electron chi connectivity index (χ0n) is 11.5. The summed E-state index contributed by atoms with van der Waals surface area (Å²) in [7, 11) is 0. The van der Waals surface area contributed by atoms with Crippen LogP contribution in [0.25, 0.3) is 10.2 Å². The zero-order chi connectivity index (χ0) is 13.0. The van der Waals surface area contributed by atoms with Gasteiger partial charge in [0.1, 0.15) is 16.5 Å². The highest BCUT2D eigenvalue weighted by Crippen LogP contribution is 2.48. The molecule has 19 heavy (non-hydrogen) atoms. The van der Waals surface area contributed by atoms with Crippen molar-refractivity contribution >= 4 is 27.4 Å². The summed E-state index contributed by atoms with van der Waals surface area (Å²) in [6.07, 6.45) is 6.19. The number of aryl methyl sites for hydroxylation is 2. The Balaban J connectivity index is 1.96. The van der Waals surface area contributed by atoms with E-state index in [-0.39, 0.29) is 5.41 Å². The summed E-state index contributed by atoms with van der Waals surface area (Å²) in [5.41, 5.74) is 1.76. The van der Waals surface area contributed by atoms with Crippen LogP contribution < -0.4 is 5.32 Å². The van der Waals surface area contributed by atoms with Gasteiger partial charge in [0.25, 0.3) is 0 Å². The van der Waals surface area contributed by atoms with E-state index in [2.05, 4.69) is 19.2 Å². The van der Waals surface area contributed by atoms with Crippen molar-refractivity contribution in [2.75, 3.05) is 11.9 Å². The molecular weight excluding hydrogens is 254 g/mol. The molecule has 0 radical (unpaired) electrons. The minimum Gasteiger partial charge on any atom is -0.370 e. The predicted molar refractivity (Wildman–Crippen MR) is 80.2 cm³/mol. The molecule has 2 aliphatic rings. The van der Waals surface area contributed by atoms with Gasteiger partial charge in [0.15, 0.2) is 0 Å². The van der Waals surface area contributed by atoms with Gasteiger partial charge >= 0.3 is 0 Å². The Morgan fingerprint density at radius 2 is 2.11 bits per heavy atom.